The van der Waals surface area contributed by atoms with Crippen LogP contribution in [0.25, 0.3) is 0 Å². The molecule has 0 spiro atoms. The molecule has 0 saturated carbocycles. The van der Waals surface area contributed by atoms with Crippen molar-refractivity contribution in [3.8, 4) is 11.5 Å². The Morgan fingerprint density at radius 3 is 2.17 bits per heavy atom. The van der Waals surface area contributed by atoms with Crippen LogP contribution in [0, 0.1) is 0 Å². The number of benzene rings is 3. The van der Waals surface area contributed by atoms with Crippen LogP contribution in [0.5, 0.6) is 11.5 Å². The molecule has 1 fully saturated rings. The highest BCUT2D eigenvalue weighted by molar-refractivity contribution is 7.89. The summed E-state index contributed by atoms with van der Waals surface area (Å²) in [7, 11) is -2.69. The molecule has 1 saturated heterocycles. The van der Waals surface area contributed by atoms with Crippen molar-refractivity contribution in [1.82, 2.24) is 9.21 Å². The fraction of sp³-hybridized carbons (Fsp3) is 0.355. The molecule has 3 aromatic rings. The third-order valence-electron chi connectivity index (χ3n) is 6.58. The number of likely N-dealkylation sites (tertiary alicyclic amines) is 1. The summed E-state index contributed by atoms with van der Waals surface area (Å²) in [5.74, 6) is 0.678. The number of hydrogen-bond acceptors (Lipinski definition) is 7. The lowest BCUT2D eigenvalue weighted by Gasteiger charge is -2.39. The van der Waals surface area contributed by atoms with Gasteiger partial charge in [0.15, 0.2) is 0 Å². The molecule has 1 aliphatic heterocycles. The first-order chi connectivity index (χ1) is 19.5. The maximum absolute atomic E-state index is 14.1. The Hall–Kier alpha value is -3.89. The quantitative estimate of drug-likeness (QED) is 0.308. The molecule has 1 atom stereocenters. The smallest absolute Gasteiger partial charge is 0.410 e. The fourth-order valence-electron chi connectivity index (χ4n) is 4.58. The van der Waals surface area contributed by atoms with Crippen LogP contribution in [0.1, 0.15) is 49.5 Å². The van der Waals surface area contributed by atoms with E-state index in [-0.39, 0.29) is 18.0 Å². The van der Waals surface area contributed by atoms with Crippen LogP contribution in [0.15, 0.2) is 83.8 Å². The highest BCUT2D eigenvalue weighted by Gasteiger charge is 2.37. The topological polar surface area (TPSA) is 102 Å². The van der Waals surface area contributed by atoms with Gasteiger partial charge in [-0.25, -0.2) is 18.0 Å². The third kappa shape index (κ3) is 7.86. The number of hydrogen-bond donors (Lipinski definition) is 0. The molecule has 1 amide bonds. The predicted octanol–water partition coefficient (Wildman–Crippen LogP) is 5.86. The lowest BCUT2D eigenvalue weighted by atomic mass is 10.1. The molecule has 10 heteroatoms. The molecule has 41 heavy (non-hydrogen) atoms. The molecule has 0 aliphatic carbocycles. The first-order valence-electron chi connectivity index (χ1n) is 13.5. The van der Waals surface area contributed by atoms with E-state index in [4.69, 9.17) is 14.2 Å². The Kier molecular flexibility index (Phi) is 9.35. The van der Waals surface area contributed by atoms with Gasteiger partial charge in [0.25, 0.3) is 0 Å². The molecule has 0 aromatic heterocycles. The Labute approximate surface area is 241 Å². The normalized spacial score (nSPS) is 15.8. The Morgan fingerprint density at radius 2 is 1.56 bits per heavy atom. The maximum Gasteiger partial charge on any atom is 0.410 e. The minimum absolute atomic E-state index is 0.0544. The van der Waals surface area contributed by atoms with E-state index in [1.807, 2.05) is 30.3 Å². The Balaban J connectivity index is 1.62. The summed E-state index contributed by atoms with van der Waals surface area (Å²) in [5.41, 5.74) is 0.397. The lowest BCUT2D eigenvalue weighted by molar-refractivity contribution is 0.0152. The second-order valence-corrected chi connectivity index (χ2v) is 12.7. The van der Waals surface area contributed by atoms with Gasteiger partial charge < -0.3 is 19.1 Å². The van der Waals surface area contributed by atoms with Crippen molar-refractivity contribution in [2.75, 3.05) is 20.2 Å². The fourth-order valence-corrected chi connectivity index (χ4v) is 6.21. The summed E-state index contributed by atoms with van der Waals surface area (Å²) in [5, 5.41) is 0. The largest absolute Gasteiger partial charge is 0.465 e. The maximum atomic E-state index is 14.1. The molecule has 1 heterocycles. The van der Waals surface area contributed by atoms with Gasteiger partial charge in [-0.05, 0) is 87.7 Å². The number of esters is 1. The van der Waals surface area contributed by atoms with Crippen LogP contribution in [-0.4, -0.2) is 61.5 Å². The van der Waals surface area contributed by atoms with E-state index in [9.17, 15) is 18.0 Å². The number of rotatable bonds is 8. The van der Waals surface area contributed by atoms with E-state index in [1.54, 1.807) is 62.1 Å². The number of amides is 1. The van der Waals surface area contributed by atoms with Crippen molar-refractivity contribution in [3.05, 3.63) is 90.0 Å². The number of ether oxygens (including phenoxy) is 3. The average molecular weight is 581 g/mol. The molecule has 9 nitrogen and oxygen atoms in total. The van der Waals surface area contributed by atoms with Gasteiger partial charge in [-0.1, -0.05) is 30.3 Å². The van der Waals surface area contributed by atoms with Crippen molar-refractivity contribution < 1.29 is 32.2 Å². The summed E-state index contributed by atoms with van der Waals surface area (Å²) in [6.45, 7) is 6.13. The zero-order chi connectivity index (χ0) is 29.6. The van der Waals surface area contributed by atoms with Crippen molar-refractivity contribution in [2.24, 2.45) is 0 Å². The second-order valence-electron chi connectivity index (χ2n) is 10.8. The number of carbonyl (C=O) groups is 2. The monoisotopic (exact) mass is 580 g/mol. The molecular weight excluding hydrogens is 544 g/mol. The highest BCUT2D eigenvalue weighted by Crippen LogP contribution is 2.29. The van der Waals surface area contributed by atoms with Crippen LogP contribution in [0.2, 0.25) is 0 Å². The van der Waals surface area contributed by atoms with Crippen LogP contribution >= 0.6 is 0 Å². The van der Waals surface area contributed by atoms with Gasteiger partial charge in [0, 0.05) is 25.7 Å². The van der Waals surface area contributed by atoms with Crippen LogP contribution in [0.3, 0.4) is 0 Å². The van der Waals surface area contributed by atoms with Gasteiger partial charge in [-0.15, -0.1) is 0 Å². The zero-order valence-electron chi connectivity index (χ0n) is 23.8. The third-order valence-corrected chi connectivity index (χ3v) is 8.49. The molecule has 218 valence electrons. The Morgan fingerprint density at radius 1 is 0.927 bits per heavy atom. The van der Waals surface area contributed by atoms with Crippen molar-refractivity contribution >= 4 is 22.1 Å². The molecule has 3 aromatic carbocycles. The van der Waals surface area contributed by atoms with Crippen LogP contribution < -0.4 is 4.74 Å². The highest BCUT2D eigenvalue weighted by atomic mass is 32.2. The van der Waals surface area contributed by atoms with E-state index >= 15 is 0 Å². The van der Waals surface area contributed by atoms with Crippen LogP contribution in [0.4, 0.5) is 4.79 Å². The molecule has 1 unspecified atom stereocenters. The zero-order valence-corrected chi connectivity index (χ0v) is 24.6. The van der Waals surface area contributed by atoms with E-state index in [0.29, 0.717) is 42.0 Å². The number of nitrogens with zero attached hydrogens (tertiary/aromatic N) is 2. The number of methoxy groups -OCH3 is 1. The molecule has 0 radical (unpaired) electrons. The van der Waals surface area contributed by atoms with Gasteiger partial charge in [-0.2, -0.15) is 4.31 Å². The van der Waals surface area contributed by atoms with Gasteiger partial charge in [0.2, 0.25) is 10.0 Å². The van der Waals surface area contributed by atoms with E-state index in [1.165, 1.54) is 23.5 Å². The van der Waals surface area contributed by atoms with Gasteiger partial charge in [-0.3, -0.25) is 0 Å². The van der Waals surface area contributed by atoms with E-state index in [2.05, 4.69) is 0 Å². The lowest BCUT2D eigenvalue weighted by Crippen LogP contribution is -2.52. The van der Waals surface area contributed by atoms with Gasteiger partial charge >= 0.3 is 12.1 Å². The minimum atomic E-state index is -4.00. The number of para-hydroxylation sites is 1. The summed E-state index contributed by atoms with van der Waals surface area (Å²) in [4.78, 5) is 26.4. The SMILES string of the molecule is COC(=O)c1ccc(CN(C2CCCN(C(=O)OC(C)(C)C)C2)S(=O)(=O)c2ccc(Oc3ccccc3)cc2)cc1. The minimum Gasteiger partial charge on any atom is -0.465 e. The molecule has 0 N–H and O–H groups in total. The summed E-state index contributed by atoms with van der Waals surface area (Å²) in [6.07, 6.45) is 0.735. The standard InChI is InChI=1S/C31H36N2O7S/c1-31(2,3)40-30(35)32-20-8-9-25(22-32)33(21-23-12-14-24(15-13-23)29(34)38-4)41(36,37)28-18-16-27(17-19-28)39-26-10-6-5-7-11-26/h5-7,10-19,25H,8-9,20-22H2,1-4H3. The van der Waals surface area contributed by atoms with E-state index < -0.39 is 33.7 Å². The van der Waals surface area contributed by atoms with Gasteiger partial charge in [0.05, 0.1) is 17.6 Å². The average Bonchev–Trinajstić information content (AvgIpc) is 2.96. The summed E-state index contributed by atoms with van der Waals surface area (Å²) >= 11 is 0. The predicted molar refractivity (Wildman–Crippen MR) is 154 cm³/mol. The molecule has 0 bridgehead atoms. The summed E-state index contributed by atoms with van der Waals surface area (Å²) < 4.78 is 45.8. The molecule has 4 rings (SSSR count). The first kappa shape index (κ1) is 30.1. The van der Waals surface area contributed by atoms with Crippen molar-refractivity contribution in [2.45, 2.75) is 56.7 Å². The van der Waals surface area contributed by atoms with Gasteiger partial charge in [0.1, 0.15) is 17.1 Å². The second kappa shape index (κ2) is 12.7. The van der Waals surface area contributed by atoms with E-state index in [0.717, 1.165) is 0 Å². The number of sulfonamides is 1. The Bertz CT molecular complexity index is 1430. The van der Waals surface area contributed by atoms with Crippen molar-refractivity contribution in [3.63, 3.8) is 0 Å². The number of carbonyl (C=O) groups excluding carboxylic acids is 2. The first-order valence-corrected chi connectivity index (χ1v) is 14.9. The van der Waals surface area contributed by atoms with Crippen molar-refractivity contribution in [1.29, 1.82) is 0 Å². The number of piperidine rings is 1. The molecular formula is C31H36N2O7S. The summed E-state index contributed by atoms with van der Waals surface area (Å²) in [6, 6.07) is 21.7. The van der Waals surface area contributed by atoms with Crippen LogP contribution in [-0.2, 0) is 26.0 Å². The molecule has 1 aliphatic rings.